The van der Waals surface area contributed by atoms with E-state index in [2.05, 4.69) is 17.6 Å². The van der Waals surface area contributed by atoms with Crippen LogP contribution in [-0.4, -0.2) is 29.6 Å². The van der Waals surface area contributed by atoms with Crippen molar-refractivity contribution in [1.82, 2.24) is 10.6 Å². The zero-order valence-corrected chi connectivity index (χ0v) is 9.94. The van der Waals surface area contributed by atoms with Crippen LogP contribution in [-0.2, 0) is 0 Å². The summed E-state index contributed by atoms with van der Waals surface area (Å²) < 4.78 is 0. The summed E-state index contributed by atoms with van der Waals surface area (Å²) in [5, 5.41) is 15.5. The molecule has 2 rings (SSSR count). The van der Waals surface area contributed by atoms with Crippen LogP contribution in [0.5, 0.6) is 5.75 Å². The van der Waals surface area contributed by atoms with E-state index in [9.17, 15) is 4.79 Å². The van der Waals surface area contributed by atoms with Gasteiger partial charge in [0.1, 0.15) is 5.75 Å². The number of hydrogen-bond donors (Lipinski definition) is 3. The molecular weight excluding hydrogens is 216 g/mol. The number of carbonyl (C=O) groups is 1. The van der Waals surface area contributed by atoms with Gasteiger partial charge < -0.3 is 15.7 Å². The summed E-state index contributed by atoms with van der Waals surface area (Å²) in [5.41, 5.74) is 0.584. The number of benzene rings is 1. The van der Waals surface area contributed by atoms with Crippen LogP contribution < -0.4 is 10.6 Å². The quantitative estimate of drug-likeness (QED) is 0.722. The van der Waals surface area contributed by atoms with Gasteiger partial charge in [0.25, 0.3) is 5.91 Å². The minimum absolute atomic E-state index is 0.0782. The molecule has 0 bridgehead atoms. The van der Waals surface area contributed by atoms with Gasteiger partial charge >= 0.3 is 0 Å². The van der Waals surface area contributed by atoms with Crippen molar-refractivity contribution in [2.24, 2.45) is 0 Å². The van der Waals surface area contributed by atoms with Crippen LogP contribution in [0.3, 0.4) is 0 Å². The Bertz CT molecular complexity index is 389. The lowest BCUT2D eigenvalue weighted by Gasteiger charge is -2.30. The molecule has 1 aromatic rings. The average Bonchev–Trinajstić information content (AvgIpc) is 2.33. The first-order chi connectivity index (χ1) is 8.16. The smallest absolute Gasteiger partial charge is 0.251 e. The fraction of sp³-hybridized carbons (Fsp3) is 0.462. The Kier molecular flexibility index (Phi) is 3.64. The van der Waals surface area contributed by atoms with Gasteiger partial charge in [0.05, 0.1) is 0 Å². The molecule has 92 valence electrons. The zero-order chi connectivity index (χ0) is 12.3. The van der Waals surface area contributed by atoms with Crippen LogP contribution in [0.2, 0.25) is 0 Å². The van der Waals surface area contributed by atoms with Gasteiger partial charge in [0, 0.05) is 17.6 Å². The van der Waals surface area contributed by atoms with Gasteiger partial charge in [-0.25, -0.2) is 0 Å². The Morgan fingerprint density at radius 2 is 2.12 bits per heavy atom. The summed E-state index contributed by atoms with van der Waals surface area (Å²) in [6, 6.07) is 6.81. The van der Waals surface area contributed by atoms with Crippen LogP contribution in [0, 0.1) is 0 Å². The van der Waals surface area contributed by atoms with Crippen molar-refractivity contribution in [1.29, 1.82) is 0 Å². The molecule has 0 saturated carbocycles. The predicted octanol–water partition coefficient (Wildman–Crippen LogP) is 1.26. The van der Waals surface area contributed by atoms with Crippen LogP contribution in [0.1, 0.15) is 30.1 Å². The van der Waals surface area contributed by atoms with E-state index in [1.165, 1.54) is 12.1 Å². The number of phenols is 1. The second kappa shape index (κ2) is 5.19. The predicted molar refractivity (Wildman–Crippen MR) is 66.1 cm³/mol. The fourth-order valence-electron chi connectivity index (χ4n) is 2.11. The van der Waals surface area contributed by atoms with Crippen molar-refractivity contribution >= 4 is 5.91 Å². The molecule has 17 heavy (non-hydrogen) atoms. The fourth-order valence-corrected chi connectivity index (χ4v) is 2.11. The molecule has 3 N–H and O–H groups in total. The lowest BCUT2D eigenvalue weighted by atomic mass is 9.99. The standard InChI is InChI=1S/C13H18N2O2/c1-9-12(3-2-8-14-9)15-13(17)10-4-6-11(16)7-5-10/h4-7,9,12,14,16H,2-3,8H2,1H3,(H,15,17). The molecule has 0 radical (unpaired) electrons. The van der Waals surface area contributed by atoms with E-state index in [4.69, 9.17) is 5.11 Å². The molecule has 2 atom stereocenters. The van der Waals surface area contributed by atoms with Crippen molar-refractivity contribution in [3.05, 3.63) is 29.8 Å². The van der Waals surface area contributed by atoms with E-state index in [-0.39, 0.29) is 17.7 Å². The highest BCUT2D eigenvalue weighted by atomic mass is 16.3. The number of nitrogens with one attached hydrogen (secondary N) is 2. The Morgan fingerprint density at radius 3 is 2.76 bits per heavy atom. The molecular formula is C13H18N2O2. The van der Waals surface area contributed by atoms with Gasteiger partial charge in [-0.1, -0.05) is 0 Å². The third-order valence-corrected chi connectivity index (χ3v) is 3.21. The summed E-state index contributed by atoms with van der Waals surface area (Å²) in [6.45, 7) is 3.10. The van der Waals surface area contributed by atoms with Crippen LogP contribution in [0.15, 0.2) is 24.3 Å². The van der Waals surface area contributed by atoms with E-state index >= 15 is 0 Å². The highest BCUT2D eigenvalue weighted by molar-refractivity contribution is 5.94. The largest absolute Gasteiger partial charge is 0.508 e. The first-order valence-corrected chi connectivity index (χ1v) is 6.00. The number of phenolic OH excluding ortho intramolecular Hbond substituents is 1. The minimum Gasteiger partial charge on any atom is -0.508 e. The summed E-state index contributed by atoms with van der Waals surface area (Å²) in [4.78, 5) is 11.9. The molecule has 4 heteroatoms. The SMILES string of the molecule is CC1NCCCC1NC(=O)c1ccc(O)cc1. The zero-order valence-electron chi connectivity index (χ0n) is 9.94. The van der Waals surface area contributed by atoms with Crippen molar-refractivity contribution in [2.45, 2.75) is 31.8 Å². The lowest BCUT2D eigenvalue weighted by Crippen LogP contribution is -2.51. The third kappa shape index (κ3) is 2.97. The summed E-state index contributed by atoms with van der Waals surface area (Å²) in [5.74, 6) is 0.0970. The van der Waals surface area contributed by atoms with Gasteiger partial charge in [-0.15, -0.1) is 0 Å². The highest BCUT2D eigenvalue weighted by Gasteiger charge is 2.22. The van der Waals surface area contributed by atoms with E-state index in [0.29, 0.717) is 11.6 Å². The number of hydrogen-bond acceptors (Lipinski definition) is 3. The maximum atomic E-state index is 11.9. The number of piperidine rings is 1. The van der Waals surface area contributed by atoms with E-state index in [1.54, 1.807) is 12.1 Å². The second-order valence-corrected chi connectivity index (χ2v) is 4.51. The Balaban J connectivity index is 1.98. The lowest BCUT2D eigenvalue weighted by molar-refractivity contribution is 0.0920. The van der Waals surface area contributed by atoms with Gasteiger partial charge in [-0.3, -0.25) is 4.79 Å². The van der Waals surface area contributed by atoms with Crippen molar-refractivity contribution in [3.8, 4) is 5.75 Å². The molecule has 4 nitrogen and oxygen atoms in total. The van der Waals surface area contributed by atoms with Crippen molar-refractivity contribution in [3.63, 3.8) is 0 Å². The normalized spacial score (nSPS) is 24.3. The number of amides is 1. The number of aromatic hydroxyl groups is 1. The summed E-state index contributed by atoms with van der Waals surface area (Å²) >= 11 is 0. The summed E-state index contributed by atoms with van der Waals surface area (Å²) in [7, 11) is 0. The first kappa shape index (κ1) is 11.9. The molecule has 1 aromatic carbocycles. The molecule has 0 spiro atoms. The number of carbonyl (C=O) groups excluding carboxylic acids is 1. The van der Waals surface area contributed by atoms with Gasteiger partial charge in [0.2, 0.25) is 0 Å². The Labute approximate surface area is 101 Å². The van der Waals surface area contributed by atoms with Crippen molar-refractivity contribution in [2.75, 3.05) is 6.54 Å². The molecule has 1 aliphatic heterocycles. The minimum atomic E-state index is -0.0782. The van der Waals surface area contributed by atoms with E-state index in [1.807, 2.05) is 0 Å². The van der Waals surface area contributed by atoms with Gasteiger partial charge in [-0.2, -0.15) is 0 Å². The molecule has 1 heterocycles. The molecule has 1 saturated heterocycles. The van der Waals surface area contributed by atoms with Crippen LogP contribution in [0.25, 0.3) is 0 Å². The van der Waals surface area contributed by atoms with Gasteiger partial charge in [-0.05, 0) is 50.6 Å². The molecule has 0 aromatic heterocycles. The summed E-state index contributed by atoms with van der Waals surface area (Å²) in [6.07, 6.45) is 2.10. The van der Waals surface area contributed by atoms with Crippen molar-refractivity contribution < 1.29 is 9.90 Å². The molecule has 0 aliphatic carbocycles. The van der Waals surface area contributed by atoms with Gasteiger partial charge in [0.15, 0.2) is 0 Å². The second-order valence-electron chi connectivity index (χ2n) is 4.51. The molecule has 1 amide bonds. The highest BCUT2D eigenvalue weighted by Crippen LogP contribution is 2.12. The third-order valence-electron chi connectivity index (χ3n) is 3.21. The monoisotopic (exact) mass is 234 g/mol. The Hall–Kier alpha value is -1.55. The average molecular weight is 234 g/mol. The maximum absolute atomic E-state index is 11.9. The van der Waals surface area contributed by atoms with Crippen LogP contribution >= 0.6 is 0 Å². The molecule has 1 aliphatic rings. The van der Waals surface area contributed by atoms with E-state index < -0.39 is 0 Å². The van der Waals surface area contributed by atoms with Crippen LogP contribution in [0.4, 0.5) is 0 Å². The topological polar surface area (TPSA) is 61.4 Å². The number of rotatable bonds is 2. The maximum Gasteiger partial charge on any atom is 0.251 e. The molecule has 2 unspecified atom stereocenters. The Morgan fingerprint density at radius 1 is 1.41 bits per heavy atom. The molecule has 1 fully saturated rings. The van der Waals surface area contributed by atoms with E-state index in [0.717, 1.165) is 19.4 Å². The first-order valence-electron chi connectivity index (χ1n) is 6.00.